The van der Waals surface area contributed by atoms with Gasteiger partial charge < -0.3 is 10.6 Å². The van der Waals surface area contributed by atoms with Crippen molar-refractivity contribution in [2.75, 3.05) is 31.9 Å². The van der Waals surface area contributed by atoms with Crippen LogP contribution >= 0.6 is 23.1 Å². The number of nitrogens with zero attached hydrogens (tertiary/aromatic N) is 3. The summed E-state index contributed by atoms with van der Waals surface area (Å²) < 4.78 is 0. The first kappa shape index (κ1) is 26.7. The fourth-order valence-electron chi connectivity index (χ4n) is 2.90. The van der Waals surface area contributed by atoms with Crippen LogP contribution in [-0.4, -0.2) is 46.7 Å². The van der Waals surface area contributed by atoms with Crippen molar-refractivity contribution in [2.24, 2.45) is 5.92 Å². The van der Waals surface area contributed by atoms with Gasteiger partial charge in [-0.3, -0.25) is 15.0 Å². The minimum absolute atomic E-state index is 0.422. The zero-order valence-corrected chi connectivity index (χ0v) is 20.8. The van der Waals surface area contributed by atoms with Crippen LogP contribution in [0.1, 0.15) is 63.0 Å². The summed E-state index contributed by atoms with van der Waals surface area (Å²) >= 11 is 3.69. The Labute approximate surface area is 190 Å². The van der Waals surface area contributed by atoms with Crippen LogP contribution in [-0.2, 0) is 18.7 Å². The predicted molar refractivity (Wildman–Crippen MR) is 129 cm³/mol. The zero-order valence-electron chi connectivity index (χ0n) is 19.2. The van der Waals surface area contributed by atoms with E-state index in [1.807, 2.05) is 23.1 Å². The third-order valence-electron chi connectivity index (χ3n) is 4.38. The van der Waals surface area contributed by atoms with Crippen LogP contribution in [0, 0.1) is 16.0 Å². The largest absolute Gasteiger partial charge is 0.366 e. The molecule has 172 valence electrons. The number of nitrogens with one attached hydrogen (secondary N) is 2. The Kier molecular flexibility index (Phi) is 13.8. The lowest BCUT2D eigenvalue weighted by molar-refractivity contribution is -0.404. The number of aryl methyl sites for hydroxylation is 1. The first-order valence-electron chi connectivity index (χ1n) is 11.0. The summed E-state index contributed by atoms with van der Waals surface area (Å²) in [5.41, 5.74) is 1.22. The highest BCUT2D eigenvalue weighted by molar-refractivity contribution is 7.98. The van der Waals surface area contributed by atoms with Gasteiger partial charge in [-0.2, -0.15) is 11.8 Å². The summed E-state index contributed by atoms with van der Waals surface area (Å²) in [6.45, 7) is 15.3. The van der Waals surface area contributed by atoms with E-state index in [2.05, 4.69) is 50.2 Å². The summed E-state index contributed by atoms with van der Waals surface area (Å²) in [6.07, 6.45) is 4.38. The van der Waals surface area contributed by atoms with Gasteiger partial charge in [-0.15, -0.1) is 11.3 Å². The first-order chi connectivity index (χ1) is 14.4. The lowest BCUT2D eigenvalue weighted by Gasteiger charge is -2.17. The monoisotopic (exact) mass is 457 g/mol. The minimum atomic E-state index is -0.422. The maximum Gasteiger partial charge on any atom is 0.274 e. The highest BCUT2D eigenvalue weighted by Gasteiger charge is 2.13. The molecule has 0 aromatic carbocycles. The van der Waals surface area contributed by atoms with E-state index in [0.29, 0.717) is 24.8 Å². The van der Waals surface area contributed by atoms with Gasteiger partial charge in [0.15, 0.2) is 5.82 Å². The van der Waals surface area contributed by atoms with E-state index in [-0.39, 0.29) is 0 Å². The van der Waals surface area contributed by atoms with Crippen molar-refractivity contribution in [2.45, 2.75) is 66.2 Å². The van der Waals surface area contributed by atoms with Crippen LogP contribution in [0.2, 0.25) is 0 Å². The molecule has 0 radical (unpaired) electrons. The number of hydrogen-bond donors (Lipinski definition) is 2. The van der Waals surface area contributed by atoms with E-state index < -0.39 is 4.92 Å². The summed E-state index contributed by atoms with van der Waals surface area (Å²) in [7, 11) is 0. The predicted octanol–water partition coefficient (Wildman–Crippen LogP) is 4.47. The number of rotatable bonds is 17. The summed E-state index contributed by atoms with van der Waals surface area (Å²) in [4.78, 5) is 19.2. The molecule has 0 amide bonds. The summed E-state index contributed by atoms with van der Waals surface area (Å²) in [6, 6.07) is 0. The Morgan fingerprint density at radius 2 is 2.07 bits per heavy atom. The molecule has 0 unspecified atom stereocenters. The second-order valence-electron chi connectivity index (χ2n) is 7.68. The lowest BCUT2D eigenvalue weighted by atomic mass is 10.2. The third-order valence-corrected chi connectivity index (χ3v) is 6.49. The van der Waals surface area contributed by atoms with Crippen LogP contribution in [0.5, 0.6) is 0 Å². The minimum Gasteiger partial charge on any atom is -0.366 e. The SMILES string of the molecule is CCCc1sc(CN(CC)CCC)nc1CSCCNC(=C[N+](=O)[O-])NCC(C)C. The second-order valence-corrected chi connectivity index (χ2v) is 9.95. The number of thiazole rings is 1. The molecule has 1 rings (SSSR count). The van der Waals surface area contributed by atoms with Crippen LogP contribution in [0.25, 0.3) is 0 Å². The Balaban J connectivity index is 2.54. The Bertz CT molecular complexity index is 649. The van der Waals surface area contributed by atoms with E-state index in [1.54, 1.807) is 0 Å². The van der Waals surface area contributed by atoms with Gasteiger partial charge >= 0.3 is 0 Å². The van der Waals surface area contributed by atoms with Crippen molar-refractivity contribution in [3.63, 3.8) is 0 Å². The van der Waals surface area contributed by atoms with Gasteiger partial charge in [-0.1, -0.05) is 41.0 Å². The standard InChI is InChI=1S/C21H39N5O2S2/c1-6-9-19-18(24-21(30-19)15-25(8-3)11-7-2)16-29-12-10-22-20(14-26(27)28)23-13-17(4)5/h14,17,22-23H,6-13,15-16H2,1-5H3. The molecule has 0 aliphatic rings. The molecular weight excluding hydrogens is 418 g/mol. The number of nitro groups is 1. The van der Waals surface area contributed by atoms with E-state index in [1.165, 1.54) is 15.6 Å². The fourth-order valence-corrected chi connectivity index (χ4v) is 5.04. The van der Waals surface area contributed by atoms with E-state index >= 15 is 0 Å². The van der Waals surface area contributed by atoms with Gasteiger partial charge in [0.2, 0.25) is 0 Å². The number of thioether (sulfide) groups is 1. The van der Waals surface area contributed by atoms with Gasteiger partial charge in [0.05, 0.1) is 17.2 Å². The fraction of sp³-hybridized carbons (Fsp3) is 0.762. The molecule has 30 heavy (non-hydrogen) atoms. The van der Waals surface area contributed by atoms with E-state index in [9.17, 15) is 10.1 Å². The molecule has 1 aromatic rings. The maximum atomic E-state index is 10.8. The number of hydrogen-bond acceptors (Lipinski definition) is 8. The van der Waals surface area contributed by atoms with Gasteiger partial charge in [0, 0.05) is 29.5 Å². The van der Waals surface area contributed by atoms with Gasteiger partial charge in [-0.25, -0.2) is 4.98 Å². The van der Waals surface area contributed by atoms with Crippen molar-refractivity contribution >= 4 is 23.1 Å². The van der Waals surface area contributed by atoms with E-state index in [4.69, 9.17) is 4.98 Å². The van der Waals surface area contributed by atoms with Crippen molar-refractivity contribution in [3.8, 4) is 0 Å². The smallest absolute Gasteiger partial charge is 0.274 e. The first-order valence-corrected chi connectivity index (χ1v) is 13.0. The highest BCUT2D eigenvalue weighted by Crippen LogP contribution is 2.25. The number of aromatic nitrogens is 1. The van der Waals surface area contributed by atoms with Gasteiger partial charge in [0.25, 0.3) is 6.20 Å². The molecule has 0 spiro atoms. The van der Waals surface area contributed by atoms with Crippen LogP contribution in [0.15, 0.2) is 12.0 Å². The van der Waals surface area contributed by atoms with Crippen LogP contribution in [0.3, 0.4) is 0 Å². The Hall–Kier alpha value is -1.32. The van der Waals surface area contributed by atoms with Crippen molar-refractivity contribution in [1.82, 2.24) is 20.5 Å². The molecule has 0 atom stereocenters. The van der Waals surface area contributed by atoms with Crippen molar-refractivity contribution in [1.29, 1.82) is 0 Å². The van der Waals surface area contributed by atoms with Gasteiger partial charge in [0.1, 0.15) is 5.01 Å². The molecule has 9 heteroatoms. The Morgan fingerprint density at radius 3 is 2.67 bits per heavy atom. The molecular formula is C21H39N5O2S2. The molecule has 0 fully saturated rings. The Morgan fingerprint density at radius 1 is 1.30 bits per heavy atom. The molecule has 7 nitrogen and oxygen atoms in total. The van der Waals surface area contributed by atoms with Crippen LogP contribution in [0.4, 0.5) is 0 Å². The van der Waals surface area contributed by atoms with Crippen LogP contribution < -0.4 is 10.6 Å². The second kappa shape index (κ2) is 15.5. The molecule has 0 aliphatic heterocycles. The molecule has 0 aliphatic carbocycles. The molecule has 0 saturated heterocycles. The van der Waals surface area contributed by atoms with Crippen molar-refractivity contribution in [3.05, 3.63) is 37.7 Å². The average Bonchev–Trinajstić information content (AvgIpc) is 3.06. The maximum absolute atomic E-state index is 10.8. The topological polar surface area (TPSA) is 83.3 Å². The molecule has 1 heterocycles. The average molecular weight is 458 g/mol. The van der Waals surface area contributed by atoms with Gasteiger partial charge in [-0.05, 0) is 31.8 Å². The molecule has 0 bridgehead atoms. The van der Waals surface area contributed by atoms with E-state index in [0.717, 1.165) is 56.6 Å². The summed E-state index contributed by atoms with van der Waals surface area (Å²) in [5, 5.41) is 18.3. The lowest BCUT2D eigenvalue weighted by Crippen LogP contribution is -2.31. The molecule has 1 aromatic heterocycles. The quantitative estimate of drug-likeness (QED) is 0.203. The normalized spacial score (nSPS) is 12.0. The zero-order chi connectivity index (χ0) is 22.4. The molecule has 0 saturated carbocycles. The third kappa shape index (κ3) is 11.2. The highest BCUT2D eigenvalue weighted by atomic mass is 32.2. The molecule has 2 N–H and O–H groups in total. The van der Waals surface area contributed by atoms with Crippen molar-refractivity contribution < 1.29 is 4.92 Å². The summed E-state index contributed by atoms with van der Waals surface area (Å²) in [5.74, 6) is 2.66.